The summed E-state index contributed by atoms with van der Waals surface area (Å²) in [6.45, 7) is 7.40. The van der Waals surface area contributed by atoms with Gasteiger partial charge in [0, 0.05) is 48.3 Å². The Morgan fingerprint density at radius 3 is 1.70 bits per heavy atom. The number of hydrogen-bond acceptors (Lipinski definition) is 13. The molecule has 0 aliphatic heterocycles. The summed E-state index contributed by atoms with van der Waals surface area (Å²) in [6.07, 6.45) is 10.3. The number of hydrogen-bond donors (Lipinski definition) is 3. The zero-order chi connectivity index (χ0) is 47.0. The zero-order valence-corrected chi connectivity index (χ0v) is 36.3. The number of aromatic nitrogens is 4. The van der Waals surface area contributed by atoms with Crippen LogP contribution in [0.4, 0.5) is 25.0 Å². The Hall–Kier alpha value is -7.61. The highest BCUT2D eigenvalue weighted by Crippen LogP contribution is 2.38. The van der Waals surface area contributed by atoms with Crippen LogP contribution in [0.3, 0.4) is 0 Å². The minimum absolute atomic E-state index is 0.0103. The van der Waals surface area contributed by atoms with Gasteiger partial charge in [0.2, 0.25) is 26.1 Å². The monoisotopic (exact) mass is 906 g/mol. The van der Waals surface area contributed by atoms with Crippen molar-refractivity contribution >= 4 is 43.5 Å². The lowest BCUT2D eigenvalue weighted by molar-refractivity contribution is 0.256. The molecule has 16 nitrogen and oxygen atoms in total. The van der Waals surface area contributed by atoms with Crippen molar-refractivity contribution in [3.8, 4) is 34.4 Å². The number of nitrogens with zero attached hydrogens (tertiary/aromatic N) is 7. The molecule has 6 aromatic rings. The number of aliphatic imine (C=N–C) groups is 1. The fraction of sp³-hybridized carbons (Fsp3) is 0.182. The van der Waals surface area contributed by atoms with Crippen molar-refractivity contribution in [1.82, 2.24) is 24.7 Å². The molecule has 4 aromatic heterocycles. The maximum absolute atomic E-state index is 14.4. The molecule has 4 N–H and O–H groups in total. The third kappa shape index (κ3) is 14.8. The van der Waals surface area contributed by atoms with Crippen LogP contribution in [0.15, 0.2) is 115 Å². The standard InChI is InChI=1S/C22H20FN5O3S.C16H12FN3O.C6H8N2O2S/c1-14(2)19-9-17(23)10-20(16-5-7-26-18(8-16)11-24)21(19)27-22(29)28-32(30,31)13-15-4-3-6-25-12-15;1-10(2)14-6-12(17)7-15(16(14)20-9-21)11-3-4-19-13(5-11)8-18;7-11(9,10)5-6-2-1-3-8-4-6/h3-10,12,14H,13H2,1-2H3,(H2,27,28,29);3-7,10H,1-2H3;1-4H,5H2,(H2,7,9,10). The number of carbonyl (C=O) groups excluding carboxylic acids is 2. The van der Waals surface area contributed by atoms with Crippen molar-refractivity contribution in [2.75, 3.05) is 5.32 Å². The van der Waals surface area contributed by atoms with E-state index >= 15 is 0 Å². The first-order valence-corrected chi connectivity index (χ1v) is 22.3. The van der Waals surface area contributed by atoms with Gasteiger partial charge in [-0.1, -0.05) is 39.8 Å². The molecule has 0 aliphatic rings. The average Bonchev–Trinajstić information content (AvgIpc) is 3.24. The highest BCUT2D eigenvalue weighted by molar-refractivity contribution is 7.89. The molecule has 0 saturated carbocycles. The molecule has 2 aromatic carbocycles. The highest BCUT2D eigenvalue weighted by Gasteiger charge is 2.22. The molecule has 4 heterocycles. The molecule has 0 fully saturated rings. The Morgan fingerprint density at radius 2 is 1.23 bits per heavy atom. The summed E-state index contributed by atoms with van der Waals surface area (Å²) in [5.41, 5.74) is 4.82. The number of nitriles is 2. The number of pyridine rings is 4. The Morgan fingerprint density at radius 1 is 0.734 bits per heavy atom. The number of rotatable bonds is 11. The minimum Gasteiger partial charge on any atom is -0.306 e. The summed E-state index contributed by atoms with van der Waals surface area (Å²) in [5, 5.41) is 25.4. The predicted molar refractivity (Wildman–Crippen MR) is 235 cm³/mol. The van der Waals surface area contributed by atoms with E-state index in [1.807, 2.05) is 44.6 Å². The van der Waals surface area contributed by atoms with E-state index < -0.39 is 43.5 Å². The van der Waals surface area contributed by atoms with Gasteiger partial charge in [0.15, 0.2) is 0 Å². The number of nitrogens with two attached hydrogens (primary N) is 1. The van der Waals surface area contributed by atoms with Gasteiger partial charge in [-0.25, -0.2) is 55.0 Å². The summed E-state index contributed by atoms with van der Waals surface area (Å²) in [6, 6.07) is 20.7. The number of isocyanates is 1. The molecular weight excluding hydrogens is 867 g/mol. The summed E-state index contributed by atoms with van der Waals surface area (Å²) in [7, 11) is -7.43. The Labute approximate surface area is 368 Å². The van der Waals surface area contributed by atoms with Gasteiger partial charge < -0.3 is 5.32 Å². The predicted octanol–water partition coefficient (Wildman–Crippen LogP) is 7.65. The van der Waals surface area contributed by atoms with E-state index in [0.717, 1.165) is 0 Å². The molecule has 6 rings (SSSR count). The molecule has 0 bridgehead atoms. The molecule has 2 amide bonds. The van der Waals surface area contributed by atoms with Crippen molar-refractivity contribution in [2.24, 2.45) is 10.1 Å². The highest BCUT2D eigenvalue weighted by atomic mass is 32.2. The summed E-state index contributed by atoms with van der Waals surface area (Å²) >= 11 is 0. The number of anilines is 1. The number of urea groups is 1. The fourth-order valence-electron chi connectivity index (χ4n) is 5.95. The van der Waals surface area contributed by atoms with Crippen LogP contribution < -0.4 is 15.2 Å². The molecule has 64 heavy (non-hydrogen) atoms. The van der Waals surface area contributed by atoms with E-state index in [9.17, 15) is 35.2 Å². The second kappa shape index (κ2) is 22.5. The molecular formula is C44H40F2N10O6S2. The van der Waals surface area contributed by atoms with E-state index in [0.29, 0.717) is 50.2 Å². The third-order valence-corrected chi connectivity index (χ3v) is 10.6. The molecule has 20 heteroatoms. The third-order valence-electron chi connectivity index (χ3n) is 8.67. The average molecular weight is 907 g/mol. The quantitative estimate of drug-likeness (QED) is 0.0836. The van der Waals surface area contributed by atoms with Crippen molar-refractivity contribution in [1.29, 1.82) is 10.5 Å². The van der Waals surface area contributed by atoms with Crippen LogP contribution in [-0.2, 0) is 36.3 Å². The topological polar surface area (TPSA) is 264 Å². The van der Waals surface area contributed by atoms with E-state index in [2.05, 4.69) is 30.2 Å². The SMILES string of the molecule is CC(C)c1cc(F)cc(-c2ccnc(C#N)c2)c1N=C=O.CC(C)c1cc(F)cc(-c2ccnc(C#N)c2)c1NC(=O)NS(=O)(=O)Cc1cccnc1.NS(=O)(=O)Cc1cccnc1. The maximum atomic E-state index is 14.4. The van der Waals surface area contributed by atoms with Gasteiger partial charge in [-0.2, -0.15) is 15.5 Å². The first kappa shape index (κ1) is 49.0. The minimum atomic E-state index is -4.01. The molecule has 0 radical (unpaired) electrons. The van der Waals surface area contributed by atoms with E-state index in [1.54, 1.807) is 42.6 Å². The molecule has 328 valence electrons. The van der Waals surface area contributed by atoms with E-state index in [1.165, 1.54) is 73.5 Å². The van der Waals surface area contributed by atoms with Crippen LogP contribution in [0.25, 0.3) is 22.3 Å². The van der Waals surface area contributed by atoms with Crippen molar-refractivity contribution in [2.45, 2.75) is 51.0 Å². The van der Waals surface area contributed by atoms with Gasteiger partial charge >= 0.3 is 6.03 Å². The molecule has 0 spiro atoms. The molecule has 0 aliphatic carbocycles. The summed E-state index contributed by atoms with van der Waals surface area (Å²) < 4.78 is 76.1. The first-order chi connectivity index (χ1) is 30.3. The number of benzene rings is 2. The van der Waals surface area contributed by atoms with Gasteiger partial charge in [0.05, 0.1) is 22.9 Å². The molecule has 0 saturated heterocycles. The van der Waals surface area contributed by atoms with Crippen LogP contribution in [0, 0.1) is 34.3 Å². The number of amides is 2. The van der Waals surface area contributed by atoms with Gasteiger partial charge in [0.1, 0.15) is 35.2 Å². The van der Waals surface area contributed by atoms with Crippen LogP contribution in [-0.4, -0.2) is 48.9 Å². The van der Waals surface area contributed by atoms with Crippen molar-refractivity contribution in [3.63, 3.8) is 0 Å². The zero-order valence-electron chi connectivity index (χ0n) is 34.7. The van der Waals surface area contributed by atoms with Crippen LogP contribution in [0.2, 0.25) is 0 Å². The number of halogens is 2. The Kier molecular flexibility index (Phi) is 17.2. The molecule has 0 atom stereocenters. The second-order valence-electron chi connectivity index (χ2n) is 14.2. The van der Waals surface area contributed by atoms with Crippen molar-refractivity contribution in [3.05, 3.63) is 155 Å². The fourth-order valence-corrected chi connectivity index (χ4v) is 7.61. The second-order valence-corrected chi connectivity index (χ2v) is 17.6. The van der Waals surface area contributed by atoms with Crippen LogP contribution in [0.1, 0.15) is 73.2 Å². The van der Waals surface area contributed by atoms with Crippen LogP contribution in [0.5, 0.6) is 0 Å². The van der Waals surface area contributed by atoms with Gasteiger partial charge in [-0.15, -0.1) is 0 Å². The summed E-state index contributed by atoms with van der Waals surface area (Å²) in [5.74, 6) is -1.74. The first-order valence-electron chi connectivity index (χ1n) is 18.9. The van der Waals surface area contributed by atoms with E-state index in [4.69, 9.17) is 15.7 Å². The molecule has 0 unspecified atom stereocenters. The lowest BCUT2D eigenvalue weighted by Gasteiger charge is -2.19. The van der Waals surface area contributed by atoms with Gasteiger partial charge in [-0.3, -0.25) is 9.97 Å². The Bertz CT molecular complexity index is 2980. The Balaban J connectivity index is 0.000000239. The number of carbonyl (C=O) groups is 1. The largest absolute Gasteiger partial charge is 0.332 e. The lowest BCUT2D eigenvalue weighted by atomic mass is 9.94. The van der Waals surface area contributed by atoms with Crippen molar-refractivity contribution < 1.29 is 35.2 Å². The lowest BCUT2D eigenvalue weighted by Crippen LogP contribution is -2.35. The van der Waals surface area contributed by atoms with Gasteiger partial charge in [-0.05, 0) is 106 Å². The smallest absolute Gasteiger partial charge is 0.306 e. The van der Waals surface area contributed by atoms with E-state index in [-0.39, 0.29) is 34.7 Å². The normalized spacial score (nSPS) is 10.8. The number of sulfonamides is 2. The number of nitrogens with one attached hydrogen (secondary N) is 2. The number of primary sulfonamides is 1. The maximum Gasteiger partial charge on any atom is 0.332 e. The summed E-state index contributed by atoms with van der Waals surface area (Å²) in [4.78, 5) is 42.4. The van der Waals surface area contributed by atoms with Crippen LogP contribution >= 0.6 is 0 Å². The van der Waals surface area contributed by atoms with Gasteiger partial charge in [0.25, 0.3) is 0 Å².